The van der Waals surface area contributed by atoms with Crippen molar-refractivity contribution in [2.24, 2.45) is 5.92 Å². The fraction of sp³-hybridized carbons (Fsp3) is 0.667. The van der Waals surface area contributed by atoms with Crippen molar-refractivity contribution in [2.45, 2.75) is 65.0 Å². The Morgan fingerprint density at radius 3 is 2.35 bits per heavy atom. The molecule has 0 heterocycles. The van der Waals surface area contributed by atoms with Gasteiger partial charge in [-0.3, -0.25) is 0 Å². The van der Waals surface area contributed by atoms with E-state index < -0.39 is 0 Å². The first kappa shape index (κ1) is 15.4. The zero-order valence-corrected chi connectivity index (χ0v) is 13.0. The van der Waals surface area contributed by atoms with Gasteiger partial charge >= 0.3 is 0 Å². The predicted molar refractivity (Wildman–Crippen MR) is 85.1 cm³/mol. The summed E-state index contributed by atoms with van der Waals surface area (Å²) in [6.45, 7) is 6.24. The van der Waals surface area contributed by atoms with Gasteiger partial charge in [0, 0.05) is 12.6 Å². The van der Waals surface area contributed by atoms with Crippen molar-refractivity contribution in [3.05, 3.63) is 29.8 Å². The van der Waals surface area contributed by atoms with Gasteiger partial charge in [-0.05, 0) is 55.7 Å². The number of hydrogen-bond acceptors (Lipinski definition) is 2. The highest BCUT2D eigenvalue weighted by molar-refractivity contribution is 5.27. The fourth-order valence-electron chi connectivity index (χ4n) is 2.96. The summed E-state index contributed by atoms with van der Waals surface area (Å²) in [6, 6.07) is 9.24. The van der Waals surface area contributed by atoms with Gasteiger partial charge in [-0.15, -0.1) is 0 Å². The molecule has 20 heavy (non-hydrogen) atoms. The molecule has 1 saturated carbocycles. The van der Waals surface area contributed by atoms with E-state index in [1.54, 1.807) is 0 Å². The molecule has 1 aromatic carbocycles. The van der Waals surface area contributed by atoms with Gasteiger partial charge < -0.3 is 10.1 Å². The molecule has 1 aliphatic rings. The minimum absolute atomic E-state index is 0.716. The normalized spacial score (nSPS) is 22.7. The molecule has 2 nitrogen and oxygen atoms in total. The SMILES string of the molecule is CCCOc1ccc(CNC2CCC(CC)CC2)cc1. The molecule has 0 unspecified atom stereocenters. The molecule has 2 rings (SSSR count). The van der Waals surface area contributed by atoms with Gasteiger partial charge in [0.1, 0.15) is 5.75 Å². The highest BCUT2D eigenvalue weighted by Crippen LogP contribution is 2.26. The Kier molecular flexibility index (Phi) is 6.38. The molecule has 1 fully saturated rings. The molecule has 0 aromatic heterocycles. The van der Waals surface area contributed by atoms with Crippen LogP contribution >= 0.6 is 0 Å². The Balaban J connectivity index is 1.71. The standard InChI is InChI=1S/C18H29NO/c1-3-13-20-18-11-7-16(8-12-18)14-19-17-9-5-15(4-2)6-10-17/h7-8,11-12,15,17,19H,3-6,9-10,13-14H2,1-2H3. The zero-order chi connectivity index (χ0) is 14.2. The Morgan fingerprint density at radius 2 is 1.75 bits per heavy atom. The van der Waals surface area contributed by atoms with Crippen LogP contribution in [0.4, 0.5) is 0 Å². The highest BCUT2D eigenvalue weighted by atomic mass is 16.5. The molecule has 0 saturated heterocycles. The first-order chi connectivity index (χ1) is 9.81. The van der Waals surface area contributed by atoms with Gasteiger partial charge in [0.15, 0.2) is 0 Å². The van der Waals surface area contributed by atoms with Gasteiger partial charge in [0.05, 0.1) is 6.61 Å². The molecule has 2 heteroatoms. The largest absolute Gasteiger partial charge is 0.494 e. The number of ether oxygens (including phenoxy) is 1. The van der Waals surface area contributed by atoms with Gasteiger partial charge in [-0.25, -0.2) is 0 Å². The summed E-state index contributed by atoms with van der Waals surface area (Å²) in [5, 5.41) is 3.70. The monoisotopic (exact) mass is 275 g/mol. The number of rotatable bonds is 7. The molecule has 1 N–H and O–H groups in total. The lowest BCUT2D eigenvalue weighted by molar-refractivity contribution is 0.285. The van der Waals surface area contributed by atoms with Crippen LogP contribution in [0.2, 0.25) is 0 Å². The van der Waals surface area contributed by atoms with Crippen LogP contribution in [0, 0.1) is 5.92 Å². The second kappa shape index (κ2) is 8.31. The average Bonchev–Trinajstić information content (AvgIpc) is 2.52. The second-order valence-electron chi connectivity index (χ2n) is 6.00. The van der Waals surface area contributed by atoms with Gasteiger partial charge in [0.25, 0.3) is 0 Å². The number of nitrogens with one attached hydrogen (secondary N) is 1. The van der Waals surface area contributed by atoms with Crippen LogP contribution in [0.5, 0.6) is 5.75 Å². The first-order valence-electron chi connectivity index (χ1n) is 8.27. The van der Waals surface area contributed by atoms with Crippen molar-refractivity contribution in [1.29, 1.82) is 0 Å². The van der Waals surface area contributed by atoms with E-state index in [1.807, 2.05) is 0 Å². The minimum Gasteiger partial charge on any atom is -0.494 e. The van der Waals surface area contributed by atoms with E-state index in [1.165, 1.54) is 37.7 Å². The van der Waals surface area contributed by atoms with Crippen molar-refractivity contribution >= 4 is 0 Å². The Hall–Kier alpha value is -1.02. The van der Waals surface area contributed by atoms with Crippen LogP contribution in [0.3, 0.4) is 0 Å². The first-order valence-corrected chi connectivity index (χ1v) is 8.27. The van der Waals surface area contributed by atoms with Crippen molar-refractivity contribution < 1.29 is 4.74 Å². The van der Waals surface area contributed by atoms with E-state index >= 15 is 0 Å². The summed E-state index contributed by atoms with van der Waals surface area (Å²) in [4.78, 5) is 0. The van der Waals surface area contributed by atoms with Gasteiger partial charge in [-0.2, -0.15) is 0 Å². The third-order valence-electron chi connectivity index (χ3n) is 4.42. The molecule has 0 atom stereocenters. The van der Waals surface area contributed by atoms with Gasteiger partial charge in [0.2, 0.25) is 0 Å². The summed E-state index contributed by atoms with van der Waals surface area (Å²) in [7, 11) is 0. The molecular formula is C18H29NO. The number of hydrogen-bond donors (Lipinski definition) is 1. The third-order valence-corrected chi connectivity index (χ3v) is 4.42. The molecule has 112 valence electrons. The lowest BCUT2D eigenvalue weighted by Crippen LogP contribution is -2.32. The topological polar surface area (TPSA) is 21.3 Å². The van der Waals surface area contributed by atoms with E-state index in [2.05, 4.69) is 43.4 Å². The molecule has 1 aromatic rings. The van der Waals surface area contributed by atoms with E-state index in [-0.39, 0.29) is 0 Å². The Labute approximate surface area is 123 Å². The van der Waals surface area contributed by atoms with Crippen molar-refractivity contribution in [2.75, 3.05) is 6.61 Å². The second-order valence-corrected chi connectivity index (χ2v) is 6.00. The summed E-state index contributed by atoms with van der Waals surface area (Å²) in [5.41, 5.74) is 1.35. The van der Waals surface area contributed by atoms with Crippen molar-refractivity contribution in [3.8, 4) is 5.75 Å². The smallest absolute Gasteiger partial charge is 0.119 e. The minimum atomic E-state index is 0.716. The molecule has 0 radical (unpaired) electrons. The lowest BCUT2D eigenvalue weighted by atomic mass is 9.84. The van der Waals surface area contributed by atoms with Crippen LogP contribution in [0.15, 0.2) is 24.3 Å². The Bertz CT molecular complexity index is 366. The Morgan fingerprint density at radius 1 is 1.05 bits per heavy atom. The highest BCUT2D eigenvalue weighted by Gasteiger charge is 2.19. The maximum Gasteiger partial charge on any atom is 0.119 e. The molecular weight excluding hydrogens is 246 g/mol. The van der Waals surface area contributed by atoms with E-state index in [9.17, 15) is 0 Å². The maximum atomic E-state index is 5.61. The molecule has 1 aliphatic carbocycles. The van der Waals surface area contributed by atoms with Crippen LogP contribution < -0.4 is 10.1 Å². The third kappa shape index (κ3) is 4.82. The molecule has 0 bridgehead atoms. The lowest BCUT2D eigenvalue weighted by Gasteiger charge is -2.28. The van der Waals surface area contributed by atoms with Crippen LogP contribution in [0.25, 0.3) is 0 Å². The van der Waals surface area contributed by atoms with E-state index in [4.69, 9.17) is 4.74 Å². The summed E-state index contributed by atoms with van der Waals surface area (Å²) >= 11 is 0. The average molecular weight is 275 g/mol. The predicted octanol–water partition coefficient (Wildman–Crippen LogP) is 4.53. The van der Waals surface area contributed by atoms with Crippen molar-refractivity contribution in [1.82, 2.24) is 5.32 Å². The molecule has 0 spiro atoms. The van der Waals surface area contributed by atoms with Gasteiger partial charge in [-0.1, -0.05) is 32.4 Å². The molecule has 0 amide bonds. The quantitative estimate of drug-likeness (QED) is 0.789. The van der Waals surface area contributed by atoms with Crippen LogP contribution in [-0.2, 0) is 6.54 Å². The fourth-order valence-corrected chi connectivity index (χ4v) is 2.96. The summed E-state index contributed by atoms with van der Waals surface area (Å²) < 4.78 is 5.61. The number of benzene rings is 1. The summed E-state index contributed by atoms with van der Waals surface area (Å²) in [5.74, 6) is 1.96. The van der Waals surface area contributed by atoms with E-state index in [0.29, 0.717) is 6.04 Å². The van der Waals surface area contributed by atoms with Crippen LogP contribution in [0.1, 0.15) is 57.9 Å². The summed E-state index contributed by atoms with van der Waals surface area (Å²) in [6.07, 6.45) is 7.90. The maximum absolute atomic E-state index is 5.61. The van der Waals surface area contributed by atoms with Crippen LogP contribution in [-0.4, -0.2) is 12.6 Å². The molecule has 0 aliphatic heterocycles. The zero-order valence-electron chi connectivity index (χ0n) is 13.0. The van der Waals surface area contributed by atoms with Crippen molar-refractivity contribution in [3.63, 3.8) is 0 Å². The van der Waals surface area contributed by atoms with E-state index in [0.717, 1.165) is 31.2 Å².